The predicted octanol–water partition coefficient (Wildman–Crippen LogP) is 3.50. The van der Waals surface area contributed by atoms with Crippen molar-refractivity contribution in [1.29, 1.82) is 0 Å². The van der Waals surface area contributed by atoms with Gasteiger partial charge in [0.15, 0.2) is 0 Å². The molecule has 3 rings (SSSR count). The molecular formula is C20H28N2O2. The maximum Gasteiger partial charge on any atom is 0.270 e. The van der Waals surface area contributed by atoms with E-state index in [2.05, 4.69) is 19.1 Å². The molecule has 0 saturated carbocycles. The molecule has 1 saturated heterocycles. The Morgan fingerprint density at radius 3 is 2.75 bits per heavy atom. The van der Waals surface area contributed by atoms with Crippen molar-refractivity contribution >= 4 is 16.8 Å². The third kappa shape index (κ3) is 2.73. The highest BCUT2D eigenvalue weighted by Crippen LogP contribution is 2.35. The van der Waals surface area contributed by atoms with Crippen LogP contribution in [-0.2, 0) is 7.05 Å². The number of carbonyl (C=O) groups excluding carboxylic acids is 1. The number of hydrogen-bond acceptors (Lipinski definition) is 2. The van der Waals surface area contributed by atoms with E-state index in [0.717, 1.165) is 54.4 Å². The average molecular weight is 328 g/mol. The summed E-state index contributed by atoms with van der Waals surface area (Å²) in [5.41, 5.74) is 2.80. The van der Waals surface area contributed by atoms with Crippen molar-refractivity contribution in [2.24, 2.45) is 12.5 Å². The Morgan fingerprint density at radius 1 is 1.33 bits per heavy atom. The Balaban J connectivity index is 1.95. The van der Waals surface area contributed by atoms with Crippen molar-refractivity contribution in [2.45, 2.75) is 39.5 Å². The monoisotopic (exact) mass is 328 g/mol. The highest BCUT2D eigenvalue weighted by Gasteiger charge is 2.37. The summed E-state index contributed by atoms with van der Waals surface area (Å²) in [6.45, 7) is 5.79. The number of aliphatic hydroxyl groups excluding tert-OH is 1. The van der Waals surface area contributed by atoms with Crippen molar-refractivity contribution in [3.8, 4) is 0 Å². The third-order valence-corrected chi connectivity index (χ3v) is 5.63. The predicted molar refractivity (Wildman–Crippen MR) is 97.2 cm³/mol. The Hall–Kier alpha value is -1.81. The molecule has 0 unspecified atom stereocenters. The first kappa shape index (κ1) is 17.0. The van der Waals surface area contributed by atoms with E-state index in [1.54, 1.807) is 0 Å². The third-order valence-electron chi connectivity index (χ3n) is 5.63. The van der Waals surface area contributed by atoms with Gasteiger partial charge >= 0.3 is 0 Å². The van der Waals surface area contributed by atoms with Gasteiger partial charge in [0.25, 0.3) is 5.91 Å². The molecule has 1 N–H and O–H groups in total. The van der Waals surface area contributed by atoms with Crippen LogP contribution in [0.3, 0.4) is 0 Å². The smallest absolute Gasteiger partial charge is 0.270 e. The van der Waals surface area contributed by atoms with Crippen molar-refractivity contribution in [3.63, 3.8) is 0 Å². The maximum atomic E-state index is 13.2. The number of piperidine rings is 1. The lowest BCUT2D eigenvalue weighted by molar-refractivity contribution is 0.0217. The molecule has 0 spiro atoms. The van der Waals surface area contributed by atoms with Crippen molar-refractivity contribution in [1.82, 2.24) is 9.47 Å². The first-order chi connectivity index (χ1) is 11.5. The molecule has 1 fully saturated rings. The molecule has 1 atom stereocenters. The minimum absolute atomic E-state index is 0.0971. The molecule has 0 bridgehead atoms. The molecule has 1 aliphatic rings. The maximum absolute atomic E-state index is 13.2. The Morgan fingerprint density at radius 2 is 2.08 bits per heavy atom. The summed E-state index contributed by atoms with van der Waals surface area (Å²) >= 11 is 0. The molecule has 2 aromatic rings. The fraction of sp³-hybridized carbons (Fsp3) is 0.550. The van der Waals surface area contributed by atoms with Crippen LogP contribution in [0.1, 0.15) is 48.7 Å². The average Bonchev–Trinajstić information content (AvgIpc) is 2.86. The minimum atomic E-state index is -0.124. The summed E-state index contributed by atoms with van der Waals surface area (Å²) in [5, 5.41) is 11.1. The summed E-state index contributed by atoms with van der Waals surface area (Å²) in [6, 6.07) is 8.16. The Labute approximate surface area is 144 Å². The van der Waals surface area contributed by atoms with Gasteiger partial charge in [0.2, 0.25) is 0 Å². The van der Waals surface area contributed by atoms with Gasteiger partial charge < -0.3 is 14.6 Å². The molecule has 1 amide bonds. The van der Waals surface area contributed by atoms with Gasteiger partial charge in [-0.3, -0.25) is 4.79 Å². The van der Waals surface area contributed by atoms with E-state index in [-0.39, 0.29) is 17.9 Å². The van der Waals surface area contributed by atoms with Gasteiger partial charge in [-0.05, 0) is 37.8 Å². The molecule has 2 heterocycles. The first-order valence-electron chi connectivity index (χ1n) is 8.97. The number of aliphatic hydroxyl groups is 1. The highest BCUT2D eigenvalue weighted by atomic mass is 16.3. The van der Waals surface area contributed by atoms with Crippen LogP contribution >= 0.6 is 0 Å². The zero-order chi connectivity index (χ0) is 17.3. The number of amides is 1. The Bertz CT molecular complexity index is 706. The fourth-order valence-corrected chi connectivity index (χ4v) is 4.36. The van der Waals surface area contributed by atoms with Crippen molar-refractivity contribution in [3.05, 3.63) is 35.5 Å². The van der Waals surface area contributed by atoms with Gasteiger partial charge in [0.05, 0.1) is 6.61 Å². The van der Waals surface area contributed by atoms with Gasteiger partial charge in [0.1, 0.15) is 5.69 Å². The number of carbonyl (C=O) groups is 1. The second-order valence-corrected chi connectivity index (χ2v) is 7.29. The van der Waals surface area contributed by atoms with Gasteiger partial charge in [-0.2, -0.15) is 0 Å². The quantitative estimate of drug-likeness (QED) is 0.933. The topological polar surface area (TPSA) is 45.5 Å². The number of aryl methyl sites for hydroxylation is 2. The van der Waals surface area contributed by atoms with E-state index in [9.17, 15) is 9.90 Å². The zero-order valence-corrected chi connectivity index (χ0v) is 15.0. The standard InChI is InChI=1S/C20H28N2O2/c1-4-10-20(14-23)11-7-12-22(13-20)19(24)18-15(2)16-8-5-6-9-17(16)21(18)3/h5-6,8-9,23H,4,7,10-14H2,1-3H3/t20-/m0/s1. The molecule has 130 valence electrons. The molecule has 4 nitrogen and oxygen atoms in total. The molecule has 0 radical (unpaired) electrons. The van der Waals surface area contributed by atoms with Crippen molar-refractivity contribution in [2.75, 3.05) is 19.7 Å². The second kappa shape index (κ2) is 6.60. The normalized spacial score (nSPS) is 21.4. The summed E-state index contributed by atoms with van der Waals surface area (Å²) < 4.78 is 2.02. The summed E-state index contributed by atoms with van der Waals surface area (Å²) in [4.78, 5) is 15.2. The molecule has 1 aliphatic heterocycles. The van der Waals surface area contributed by atoms with E-state index >= 15 is 0 Å². The number of likely N-dealkylation sites (tertiary alicyclic amines) is 1. The molecule has 0 aliphatic carbocycles. The lowest BCUT2D eigenvalue weighted by atomic mass is 9.77. The van der Waals surface area contributed by atoms with E-state index < -0.39 is 0 Å². The number of rotatable bonds is 4. The summed E-state index contributed by atoms with van der Waals surface area (Å²) in [6.07, 6.45) is 3.99. The van der Waals surface area contributed by atoms with Crippen LogP contribution in [0.4, 0.5) is 0 Å². The molecule has 1 aromatic carbocycles. The largest absolute Gasteiger partial charge is 0.396 e. The van der Waals surface area contributed by atoms with E-state index in [0.29, 0.717) is 6.54 Å². The van der Waals surface area contributed by atoms with Crippen LogP contribution in [0, 0.1) is 12.3 Å². The zero-order valence-electron chi connectivity index (χ0n) is 15.0. The van der Waals surface area contributed by atoms with Crippen LogP contribution in [0.5, 0.6) is 0 Å². The van der Waals surface area contributed by atoms with E-state index in [1.165, 1.54) is 0 Å². The number of para-hydroxylation sites is 1. The molecule has 1 aromatic heterocycles. The summed E-state index contributed by atoms with van der Waals surface area (Å²) in [5.74, 6) is 0.0971. The Kier molecular flexibility index (Phi) is 4.68. The highest BCUT2D eigenvalue weighted by molar-refractivity contribution is 6.01. The molecular weight excluding hydrogens is 300 g/mol. The van der Waals surface area contributed by atoms with Gasteiger partial charge in [-0.25, -0.2) is 0 Å². The minimum Gasteiger partial charge on any atom is -0.396 e. The summed E-state index contributed by atoms with van der Waals surface area (Å²) in [7, 11) is 1.97. The van der Waals surface area contributed by atoms with Crippen LogP contribution in [-0.4, -0.2) is 40.2 Å². The SMILES string of the molecule is CCC[C@]1(CO)CCCN(C(=O)c2c(C)c3ccccc3n2C)C1. The van der Waals surface area contributed by atoms with Gasteiger partial charge in [-0.15, -0.1) is 0 Å². The van der Waals surface area contributed by atoms with E-state index in [1.807, 2.05) is 35.6 Å². The first-order valence-corrected chi connectivity index (χ1v) is 8.97. The molecule has 4 heteroatoms. The van der Waals surface area contributed by atoms with Crippen LogP contribution in [0.15, 0.2) is 24.3 Å². The van der Waals surface area contributed by atoms with E-state index in [4.69, 9.17) is 0 Å². The van der Waals surface area contributed by atoms with Crippen molar-refractivity contribution < 1.29 is 9.90 Å². The fourth-order valence-electron chi connectivity index (χ4n) is 4.36. The van der Waals surface area contributed by atoms with Gasteiger partial charge in [-0.1, -0.05) is 31.5 Å². The number of hydrogen-bond donors (Lipinski definition) is 1. The van der Waals surface area contributed by atoms with Crippen LogP contribution < -0.4 is 0 Å². The lowest BCUT2D eigenvalue weighted by Gasteiger charge is -2.42. The lowest BCUT2D eigenvalue weighted by Crippen LogP contribution is -2.48. The number of fused-ring (bicyclic) bond motifs is 1. The van der Waals surface area contributed by atoms with Gasteiger partial charge in [0, 0.05) is 36.5 Å². The number of nitrogens with zero attached hydrogens (tertiary/aromatic N) is 2. The molecule has 24 heavy (non-hydrogen) atoms. The number of benzene rings is 1. The van der Waals surface area contributed by atoms with Crippen LogP contribution in [0.25, 0.3) is 10.9 Å². The van der Waals surface area contributed by atoms with Crippen LogP contribution in [0.2, 0.25) is 0 Å². The number of aromatic nitrogens is 1. The second-order valence-electron chi connectivity index (χ2n) is 7.29.